The molecule has 2 N–H and O–H groups in total. The molecular weight excluding hydrogens is 446 g/mol. The zero-order valence-corrected chi connectivity index (χ0v) is 17.2. The molecular formula is C16H27F3IN5. The van der Waals surface area contributed by atoms with Crippen LogP contribution in [0.5, 0.6) is 0 Å². The second-order valence-electron chi connectivity index (χ2n) is 6.48. The zero-order chi connectivity index (χ0) is 17.7. The molecule has 0 amide bonds. The highest BCUT2D eigenvalue weighted by Gasteiger charge is 2.36. The van der Waals surface area contributed by atoms with Gasteiger partial charge >= 0.3 is 6.18 Å². The van der Waals surface area contributed by atoms with Crippen LogP contribution in [-0.2, 0) is 19.8 Å². The van der Waals surface area contributed by atoms with E-state index in [4.69, 9.17) is 0 Å². The third-order valence-electron chi connectivity index (χ3n) is 4.20. The van der Waals surface area contributed by atoms with Gasteiger partial charge in [-0.3, -0.25) is 4.68 Å². The van der Waals surface area contributed by atoms with E-state index in [1.807, 2.05) is 6.92 Å². The van der Waals surface area contributed by atoms with E-state index >= 15 is 0 Å². The highest BCUT2D eigenvalue weighted by atomic mass is 127. The van der Waals surface area contributed by atoms with Crippen LogP contribution < -0.4 is 10.6 Å². The van der Waals surface area contributed by atoms with Crippen molar-refractivity contribution in [2.24, 2.45) is 18.0 Å². The van der Waals surface area contributed by atoms with Crippen molar-refractivity contribution >= 4 is 29.9 Å². The molecule has 0 bridgehead atoms. The number of aryl methyl sites for hydroxylation is 1. The Balaban J connectivity index is 0.00000312. The molecule has 2 unspecified atom stereocenters. The number of hydrogen-bond acceptors (Lipinski definition) is 2. The van der Waals surface area contributed by atoms with Crippen molar-refractivity contribution in [2.75, 3.05) is 6.54 Å². The van der Waals surface area contributed by atoms with E-state index in [-0.39, 0.29) is 36.1 Å². The molecule has 0 saturated heterocycles. The van der Waals surface area contributed by atoms with Gasteiger partial charge in [-0.05, 0) is 25.7 Å². The molecule has 1 aliphatic carbocycles. The van der Waals surface area contributed by atoms with E-state index < -0.39 is 11.9 Å². The minimum absolute atomic E-state index is 0. The van der Waals surface area contributed by atoms with Crippen LogP contribution in [-0.4, -0.2) is 28.3 Å². The van der Waals surface area contributed by atoms with E-state index in [0.717, 1.165) is 12.8 Å². The molecule has 0 aromatic carbocycles. The van der Waals surface area contributed by atoms with Crippen molar-refractivity contribution in [3.8, 4) is 0 Å². The predicted molar refractivity (Wildman–Crippen MR) is 103 cm³/mol. The second-order valence-corrected chi connectivity index (χ2v) is 6.48. The highest BCUT2D eigenvalue weighted by molar-refractivity contribution is 14.0. The van der Waals surface area contributed by atoms with E-state index in [1.54, 1.807) is 0 Å². The lowest BCUT2D eigenvalue weighted by Gasteiger charge is -2.28. The lowest BCUT2D eigenvalue weighted by molar-refractivity contribution is -0.142. The van der Waals surface area contributed by atoms with Gasteiger partial charge < -0.3 is 10.6 Å². The molecule has 1 heterocycles. The van der Waals surface area contributed by atoms with Crippen molar-refractivity contribution in [1.82, 2.24) is 20.4 Å². The molecule has 0 aliphatic heterocycles. The van der Waals surface area contributed by atoms with Gasteiger partial charge in [-0.15, -0.1) is 24.0 Å². The Morgan fingerprint density at radius 1 is 1.40 bits per heavy atom. The fourth-order valence-corrected chi connectivity index (χ4v) is 3.13. The molecule has 1 aromatic rings. The van der Waals surface area contributed by atoms with Gasteiger partial charge in [-0.2, -0.15) is 18.3 Å². The molecule has 5 nitrogen and oxygen atoms in total. The molecule has 0 radical (unpaired) electrons. The van der Waals surface area contributed by atoms with Crippen LogP contribution >= 0.6 is 24.0 Å². The maximum Gasteiger partial charge on any atom is 0.435 e. The number of aromatic nitrogens is 2. The van der Waals surface area contributed by atoms with Gasteiger partial charge in [0.25, 0.3) is 0 Å². The first-order chi connectivity index (χ1) is 11.3. The van der Waals surface area contributed by atoms with Crippen molar-refractivity contribution < 1.29 is 13.2 Å². The SMILES string of the molecule is CCNC(=NCc1cn(C)nc1C(F)(F)F)NC1CCCC(C)C1.I. The minimum Gasteiger partial charge on any atom is -0.357 e. The average Bonchev–Trinajstić information content (AvgIpc) is 2.86. The Labute approximate surface area is 163 Å². The summed E-state index contributed by atoms with van der Waals surface area (Å²) in [6.45, 7) is 4.77. The monoisotopic (exact) mass is 473 g/mol. The van der Waals surface area contributed by atoms with Crippen LogP contribution in [0.15, 0.2) is 11.2 Å². The summed E-state index contributed by atoms with van der Waals surface area (Å²) in [5.41, 5.74) is -0.782. The molecule has 0 spiro atoms. The summed E-state index contributed by atoms with van der Waals surface area (Å²) in [7, 11) is 1.48. The maximum atomic E-state index is 13.0. The molecule has 1 fully saturated rings. The van der Waals surface area contributed by atoms with Gasteiger partial charge in [0.2, 0.25) is 0 Å². The first kappa shape index (κ1) is 22.0. The van der Waals surface area contributed by atoms with Crippen molar-refractivity contribution in [3.63, 3.8) is 0 Å². The summed E-state index contributed by atoms with van der Waals surface area (Å²) in [6, 6.07) is 0.322. The van der Waals surface area contributed by atoms with Gasteiger partial charge in [-0.1, -0.05) is 19.8 Å². The number of alkyl halides is 3. The molecule has 2 rings (SSSR count). The largest absolute Gasteiger partial charge is 0.435 e. The third-order valence-corrected chi connectivity index (χ3v) is 4.20. The van der Waals surface area contributed by atoms with E-state index in [1.165, 1.54) is 30.8 Å². The molecule has 25 heavy (non-hydrogen) atoms. The van der Waals surface area contributed by atoms with Gasteiger partial charge in [0, 0.05) is 31.4 Å². The number of aliphatic imine (C=N–C) groups is 1. The summed E-state index contributed by atoms with van der Waals surface area (Å²) < 4.78 is 40.2. The van der Waals surface area contributed by atoms with Crippen molar-refractivity contribution in [2.45, 2.75) is 58.3 Å². The van der Waals surface area contributed by atoms with Crippen LogP contribution in [0.1, 0.15) is 50.8 Å². The topological polar surface area (TPSA) is 54.2 Å². The second kappa shape index (κ2) is 9.63. The predicted octanol–water partition coefficient (Wildman–Crippen LogP) is 3.69. The average molecular weight is 473 g/mol. The lowest BCUT2D eigenvalue weighted by atomic mass is 9.87. The molecule has 1 saturated carbocycles. The quantitative estimate of drug-likeness (QED) is 0.399. The van der Waals surface area contributed by atoms with Gasteiger partial charge in [0.1, 0.15) is 0 Å². The van der Waals surface area contributed by atoms with Crippen LogP contribution in [0.3, 0.4) is 0 Å². The number of rotatable bonds is 4. The molecule has 9 heteroatoms. The summed E-state index contributed by atoms with van der Waals surface area (Å²) in [6.07, 6.45) is 1.44. The van der Waals surface area contributed by atoms with Gasteiger partial charge in [0.15, 0.2) is 11.7 Å². The van der Waals surface area contributed by atoms with Crippen LogP contribution in [0, 0.1) is 5.92 Å². The number of hydrogen-bond donors (Lipinski definition) is 2. The van der Waals surface area contributed by atoms with Crippen LogP contribution in [0.4, 0.5) is 13.2 Å². The highest BCUT2D eigenvalue weighted by Crippen LogP contribution is 2.30. The normalized spacial score (nSPS) is 21.6. The first-order valence-corrected chi connectivity index (χ1v) is 8.44. The number of halogens is 4. The minimum atomic E-state index is -4.46. The van der Waals surface area contributed by atoms with Gasteiger partial charge in [-0.25, -0.2) is 4.99 Å². The van der Waals surface area contributed by atoms with Crippen LogP contribution in [0.2, 0.25) is 0 Å². The Bertz CT molecular complexity index is 571. The fourth-order valence-electron chi connectivity index (χ4n) is 3.13. The molecule has 144 valence electrons. The number of guanidine groups is 1. The molecule has 2 atom stereocenters. The Morgan fingerprint density at radius 3 is 2.72 bits per heavy atom. The standard InChI is InChI=1S/C16H26F3N5.HI/c1-4-20-15(22-13-7-5-6-11(2)8-13)21-9-12-10-24(3)23-14(12)16(17,18)19;/h10-11,13H,4-9H2,1-3H3,(H2,20,21,22);1H. The maximum absolute atomic E-state index is 13.0. The lowest BCUT2D eigenvalue weighted by Crippen LogP contribution is -2.45. The van der Waals surface area contributed by atoms with Crippen LogP contribution in [0.25, 0.3) is 0 Å². The first-order valence-electron chi connectivity index (χ1n) is 8.44. The van der Waals surface area contributed by atoms with E-state index in [0.29, 0.717) is 24.5 Å². The fraction of sp³-hybridized carbons (Fsp3) is 0.750. The smallest absolute Gasteiger partial charge is 0.357 e. The van der Waals surface area contributed by atoms with Crippen molar-refractivity contribution in [1.29, 1.82) is 0 Å². The summed E-state index contributed by atoms with van der Waals surface area (Å²) in [4.78, 5) is 4.33. The Kier molecular flexibility index (Phi) is 8.49. The van der Waals surface area contributed by atoms with E-state index in [2.05, 4.69) is 27.6 Å². The number of nitrogens with one attached hydrogen (secondary N) is 2. The summed E-state index contributed by atoms with van der Waals surface area (Å²) >= 11 is 0. The third kappa shape index (κ3) is 6.67. The van der Waals surface area contributed by atoms with E-state index in [9.17, 15) is 13.2 Å². The summed E-state index contributed by atoms with van der Waals surface area (Å²) in [5, 5.41) is 9.98. The summed E-state index contributed by atoms with van der Waals surface area (Å²) in [5.74, 6) is 1.22. The zero-order valence-electron chi connectivity index (χ0n) is 14.9. The molecule has 1 aromatic heterocycles. The van der Waals surface area contributed by atoms with Crippen molar-refractivity contribution in [3.05, 3.63) is 17.5 Å². The Morgan fingerprint density at radius 2 is 2.12 bits per heavy atom. The number of nitrogens with zero attached hydrogens (tertiary/aromatic N) is 3. The van der Waals surface area contributed by atoms with Gasteiger partial charge in [0.05, 0.1) is 6.54 Å². The Hall–Kier alpha value is -1.00. The molecule has 1 aliphatic rings.